The average Bonchev–Trinajstić information content (AvgIpc) is 2.92. The van der Waals surface area contributed by atoms with Crippen LogP contribution in [0.2, 0.25) is 0 Å². The lowest BCUT2D eigenvalue weighted by Crippen LogP contribution is -2.17. The van der Waals surface area contributed by atoms with E-state index >= 15 is 0 Å². The van der Waals surface area contributed by atoms with E-state index in [1.54, 1.807) is 23.5 Å². The fourth-order valence-electron chi connectivity index (χ4n) is 2.24. The standard InChI is InChI=1S/C16H21NO2S2/c1-3-10-21(18,19)16-6-4-15(5-7-16)17-13(2)11-14-8-9-20-12-14/h4-9,12-13,17H,3,10-11H2,1-2H3. The number of anilines is 1. The number of sulfone groups is 1. The molecule has 0 aliphatic heterocycles. The zero-order chi connectivity index (χ0) is 15.3. The van der Waals surface area contributed by atoms with Gasteiger partial charge in [-0.15, -0.1) is 0 Å². The lowest BCUT2D eigenvalue weighted by atomic mass is 10.1. The summed E-state index contributed by atoms with van der Waals surface area (Å²) in [5.74, 6) is 0.203. The molecule has 3 nitrogen and oxygen atoms in total. The molecule has 2 aromatic rings. The smallest absolute Gasteiger partial charge is 0.178 e. The second-order valence-electron chi connectivity index (χ2n) is 5.22. The lowest BCUT2D eigenvalue weighted by Gasteiger charge is -2.15. The Morgan fingerprint density at radius 1 is 1.19 bits per heavy atom. The Morgan fingerprint density at radius 3 is 2.48 bits per heavy atom. The van der Waals surface area contributed by atoms with Crippen molar-refractivity contribution in [2.75, 3.05) is 11.1 Å². The van der Waals surface area contributed by atoms with Gasteiger partial charge in [0.25, 0.3) is 0 Å². The first-order valence-electron chi connectivity index (χ1n) is 7.11. The zero-order valence-electron chi connectivity index (χ0n) is 12.4. The third-order valence-corrected chi connectivity index (χ3v) is 5.89. The van der Waals surface area contributed by atoms with Gasteiger partial charge >= 0.3 is 0 Å². The summed E-state index contributed by atoms with van der Waals surface area (Å²) in [5, 5.41) is 7.63. The van der Waals surface area contributed by atoms with Crippen LogP contribution in [0.15, 0.2) is 46.0 Å². The molecular formula is C16H21NO2S2. The number of hydrogen-bond acceptors (Lipinski definition) is 4. The van der Waals surface area contributed by atoms with E-state index in [2.05, 4.69) is 29.1 Å². The molecule has 1 heterocycles. The van der Waals surface area contributed by atoms with Gasteiger partial charge in [0.1, 0.15) is 0 Å². The van der Waals surface area contributed by atoms with Crippen LogP contribution in [0.1, 0.15) is 25.8 Å². The van der Waals surface area contributed by atoms with Gasteiger partial charge in [0, 0.05) is 11.7 Å². The van der Waals surface area contributed by atoms with E-state index in [0.717, 1.165) is 12.1 Å². The summed E-state index contributed by atoms with van der Waals surface area (Å²) in [6.07, 6.45) is 1.60. The molecule has 1 N–H and O–H groups in total. The van der Waals surface area contributed by atoms with E-state index in [0.29, 0.717) is 17.4 Å². The van der Waals surface area contributed by atoms with Crippen LogP contribution in [0.5, 0.6) is 0 Å². The number of benzene rings is 1. The molecule has 1 aromatic heterocycles. The minimum absolute atomic E-state index is 0.203. The maximum absolute atomic E-state index is 12.0. The van der Waals surface area contributed by atoms with Crippen LogP contribution in [-0.4, -0.2) is 20.2 Å². The Balaban J connectivity index is 1.99. The summed E-state index contributed by atoms with van der Waals surface area (Å²) in [4.78, 5) is 0.403. The molecule has 0 spiro atoms. The number of thiophene rings is 1. The van der Waals surface area contributed by atoms with Crippen LogP contribution in [0.4, 0.5) is 5.69 Å². The van der Waals surface area contributed by atoms with Crippen LogP contribution in [0, 0.1) is 0 Å². The molecule has 1 atom stereocenters. The summed E-state index contributed by atoms with van der Waals surface area (Å²) >= 11 is 1.70. The van der Waals surface area contributed by atoms with Crippen LogP contribution < -0.4 is 5.32 Å². The van der Waals surface area contributed by atoms with Crippen molar-refractivity contribution in [2.24, 2.45) is 0 Å². The number of rotatable bonds is 7. The van der Waals surface area contributed by atoms with E-state index in [1.807, 2.05) is 19.1 Å². The zero-order valence-corrected chi connectivity index (χ0v) is 14.0. The first-order valence-corrected chi connectivity index (χ1v) is 9.71. The fourth-order valence-corrected chi connectivity index (χ4v) is 4.25. The van der Waals surface area contributed by atoms with Crippen LogP contribution in [0.3, 0.4) is 0 Å². The van der Waals surface area contributed by atoms with Crippen LogP contribution in [-0.2, 0) is 16.3 Å². The van der Waals surface area contributed by atoms with Gasteiger partial charge in [-0.25, -0.2) is 8.42 Å². The van der Waals surface area contributed by atoms with Gasteiger partial charge in [-0.05, 0) is 66.4 Å². The highest BCUT2D eigenvalue weighted by Gasteiger charge is 2.12. The van der Waals surface area contributed by atoms with Crippen molar-refractivity contribution >= 4 is 26.9 Å². The molecule has 2 rings (SSSR count). The van der Waals surface area contributed by atoms with Crippen molar-refractivity contribution in [2.45, 2.75) is 37.6 Å². The van der Waals surface area contributed by atoms with Gasteiger partial charge < -0.3 is 5.32 Å². The predicted molar refractivity (Wildman–Crippen MR) is 89.9 cm³/mol. The highest BCUT2D eigenvalue weighted by molar-refractivity contribution is 7.91. The molecule has 21 heavy (non-hydrogen) atoms. The minimum atomic E-state index is -3.12. The van der Waals surface area contributed by atoms with Crippen LogP contribution >= 0.6 is 11.3 Å². The van der Waals surface area contributed by atoms with Gasteiger partial charge in [-0.3, -0.25) is 0 Å². The summed E-state index contributed by atoms with van der Waals surface area (Å²) in [5.41, 5.74) is 2.27. The maximum atomic E-state index is 12.0. The molecule has 5 heteroatoms. The fraction of sp³-hybridized carbons (Fsp3) is 0.375. The molecular weight excluding hydrogens is 302 g/mol. The van der Waals surface area contributed by atoms with Crippen molar-refractivity contribution in [1.82, 2.24) is 0 Å². The first kappa shape index (κ1) is 16.0. The molecule has 0 aliphatic carbocycles. The molecule has 1 unspecified atom stereocenters. The quantitative estimate of drug-likeness (QED) is 0.838. The maximum Gasteiger partial charge on any atom is 0.178 e. The van der Waals surface area contributed by atoms with Gasteiger partial charge in [0.05, 0.1) is 10.6 Å². The predicted octanol–water partition coefficient (Wildman–Crippen LogP) is 3.97. The largest absolute Gasteiger partial charge is 0.382 e. The number of hydrogen-bond donors (Lipinski definition) is 1. The Labute approximate surface area is 130 Å². The Hall–Kier alpha value is -1.33. The second kappa shape index (κ2) is 7.09. The normalized spacial score (nSPS) is 13.0. The van der Waals surface area contributed by atoms with Crippen molar-refractivity contribution in [3.05, 3.63) is 46.7 Å². The summed E-state index contributed by atoms with van der Waals surface area (Å²) in [6.45, 7) is 4.00. The molecule has 0 bridgehead atoms. The third kappa shape index (κ3) is 4.58. The second-order valence-corrected chi connectivity index (χ2v) is 8.11. The molecule has 0 radical (unpaired) electrons. The van der Waals surface area contributed by atoms with E-state index in [-0.39, 0.29) is 5.75 Å². The van der Waals surface area contributed by atoms with E-state index in [1.165, 1.54) is 5.56 Å². The van der Waals surface area contributed by atoms with Gasteiger partial charge in [0.2, 0.25) is 0 Å². The third-order valence-electron chi connectivity index (χ3n) is 3.22. The average molecular weight is 323 g/mol. The molecule has 0 saturated carbocycles. The van der Waals surface area contributed by atoms with E-state index in [4.69, 9.17) is 0 Å². The van der Waals surface area contributed by atoms with Gasteiger partial charge in [-0.1, -0.05) is 6.92 Å². The number of nitrogens with one attached hydrogen (secondary N) is 1. The van der Waals surface area contributed by atoms with Gasteiger partial charge in [-0.2, -0.15) is 11.3 Å². The summed E-state index contributed by atoms with van der Waals surface area (Å²) in [6, 6.07) is 9.48. The van der Waals surface area contributed by atoms with Crippen molar-refractivity contribution < 1.29 is 8.42 Å². The monoisotopic (exact) mass is 323 g/mol. The van der Waals surface area contributed by atoms with Gasteiger partial charge in [0.15, 0.2) is 9.84 Å². The topological polar surface area (TPSA) is 46.2 Å². The first-order chi connectivity index (χ1) is 10.0. The molecule has 114 valence electrons. The highest BCUT2D eigenvalue weighted by atomic mass is 32.2. The Kier molecular flexibility index (Phi) is 5.42. The Bertz CT molecular complexity index is 646. The molecule has 0 fully saturated rings. The van der Waals surface area contributed by atoms with Crippen molar-refractivity contribution in [1.29, 1.82) is 0 Å². The molecule has 0 aliphatic rings. The summed E-state index contributed by atoms with van der Waals surface area (Å²) < 4.78 is 23.9. The SMILES string of the molecule is CCCS(=O)(=O)c1ccc(NC(C)Cc2ccsc2)cc1. The minimum Gasteiger partial charge on any atom is -0.382 e. The van der Waals surface area contributed by atoms with E-state index in [9.17, 15) is 8.42 Å². The van der Waals surface area contributed by atoms with E-state index < -0.39 is 9.84 Å². The molecule has 1 aromatic carbocycles. The summed E-state index contributed by atoms with van der Waals surface area (Å²) in [7, 11) is -3.12. The lowest BCUT2D eigenvalue weighted by molar-refractivity contribution is 0.595. The van der Waals surface area contributed by atoms with Crippen LogP contribution in [0.25, 0.3) is 0 Å². The highest BCUT2D eigenvalue weighted by Crippen LogP contribution is 2.18. The molecule has 0 amide bonds. The van der Waals surface area contributed by atoms with Crippen molar-refractivity contribution in [3.63, 3.8) is 0 Å². The molecule has 0 saturated heterocycles. The van der Waals surface area contributed by atoms with Crippen molar-refractivity contribution in [3.8, 4) is 0 Å². The Morgan fingerprint density at radius 2 is 1.90 bits per heavy atom.